The molecule has 3 N–H and O–H groups in total. The highest BCUT2D eigenvalue weighted by Gasteiger charge is 2.27. The van der Waals surface area contributed by atoms with Crippen LogP contribution < -0.4 is 15.8 Å². The van der Waals surface area contributed by atoms with E-state index in [1.807, 2.05) is 0 Å². The summed E-state index contributed by atoms with van der Waals surface area (Å²) in [6.07, 6.45) is -0.0929. The Bertz CT molecular complexity index is 455. The van der Waals surface area contributed by atoms with Crippen LogP contribution in [0, 0.1) is 0 Å². The average molecular weight is 293 g/mol. The number of ether oxygens (including phenoxy) is 1. The number of alkyl halides is 2. The lowest BCUT2D eigenvalue weighted by Gasteiger charge is -2.15. The van der Waals surface area contributed by atoms with E-state index >= 15 is 0 Å². The summed E-state index contributed by atoms with van der Waals surface area (Å²) >= 11 is 5.81. The van der Waals surface area contributed by atoms with E-state index in [1.165, 1.54) is 7.11 Å². The Kier molecular flexibility index (Phi) is 5.50. The van der Waals surface area contributed by atoms with Gasteiger partial charge in [-0.25, -0.2) is 8.78 Å². The molecule has 0 fully saturated rings. The van der Waals surface area contributed by atoms with Crippen molar-refractivity contribution in [2.24, 2.45) is 5.73 Å². The minimum Gasteiger partial charge on any atom is -0.496 e. The minimum atomic E-state index is -3.10. The number of carbonyl (C=O) groups excluding carboxylic acids is 1. The molecule has 7 heteroatoms. The maximum Gasteiger partial charge on any atom is 0.277 e. The summed E-state index contributed by atoms with van der Waals surface area (Å²) in [5, 5.41) is 2.57. The van der Waals surface area contributed by atoms with Gasteiger partial charge in [0, 0.05) is 10.6 Å². The maximum absolute atomic E-state index is 12.9. The van der Waals surface area contributed by atoms with E-state index < -0.39 is 24.9 Å². The molecule has 0 radical (unpaired) electrons. The highest BCUT2D eigenvalue weighted by atomic mass is 35.5. The zero-order valence-electron chi connectivity index (χ0n) is 10.4. The van der Waals surface area contributed by atoms with Gasteiger partial charge in [-0.05, 0) is 18.2 Å². The lowest BCUT2D eigenvalue weighted by molar-refractivity contribution is -0.122. The Labute approximate surface area is 114 Å². The van der Waals surface area contributed by atoms with Gasteiger partial charge < -0.3 is 15.8 Å². The van der Waals surface area contributed by atoms with Gasteiger partial charge in [0.15, 0.2) is 0 Å². The largest absolute Gasteiger partial charge is 0.496 e. The van der Waals surface area contributed by atoms with Gasteiger partial charge in [0.1, 0.15) is 5.75 Å². The molecule has 1 aromatic carbocycles. The molecule has 0 aliphatic heterocycles. The first-order valence-corrected chi connectivity index (χ1v) is 5.93. The zero-order valence-corrected chi connectivity index (χ0v) is 11.1. The van der Waals surface area contributed by atoms with Crippen LogP contribution in [0.3, 0.4) is 0 Å². The van der Waals surface area contributed by atoms with Crippen LogP contribution in [-0.4, -0.2) is 32.0 Å². The van der Waals surface area contributed by atoms with Crippen LogP contribution >= 0.6 is 11.6 Å². The number of hydrogen-bond donors (Lipinski definition) is 2. The summed E-state index contributed by atoms with van der Waals surface area (Å²) in [5.41, 5.74) is 5.40. The third-order valence-electron chi connectivity index (χ3n) is 2.44. The van der Waals surface area contributed by atoms with Crippen LogP contribution in [0.1, 0.15) is 5.56 Å². The first-order valence-electron chi connectivity index (χ1n) is 5.55. The highest BCUT2D eigenvalue weighted by molar-refractivity contribution is 6.30. The number of nitrogens with two attached hydrogens (primary N) is 1. The number of methoxy groups -OCH3 is 1. The molecule has 0 atom stereocenters. The van der Waals surface area contributed by atoms with Crippen LogP contribution in [0.2, 0.25) is 5.02 Å². The predicted molar refractivity (Wildman–Crippen MR) is 68.7 cm³/mol. The van der Waals surface area contributed by atoms with Gasteiger partial charge in [0.25, 0.3) is 5.92 Å². The van der Waals surface area contributed by atoms with Gasteiger partial charge in [-0.3, -0.25) is 4.79 Å². The standard InChI is InChI=1S/C12H15ClF2N2O2/c1-19-10-3-2-9(13)4-8(10)5-11(18)17-7-12(14,15)6-16/h2-4H,5-7,16H2,1H3,(H,17,18). The predicted octanol–water partition coefficient (Wildman–Crippen LogP) is 1.60. The molecule has 0 heterocycles. The van der Waals surface area contributed by atoms with Crippen LogP contribution in [0.4, 0.5) is 8.78 Å². The van der Waals surface area contributed by atoms with Gasteiger partial charge in [0.2, 0.25) is 5.91 Å². The van der Waals surface area contributed by atoms with Gasteiger partial charge in [-0.2, -0.15) is 0 Å². The third-order valence-corrected chi connectivity index (χ3v) is 2.67. The Balaban J connectivity index is 2.64. The van der Waals surface area contributed by atoms with E-state index in [-0.39, 0.29) is 6.42 Å². The molecule has 4 nitrogen and oxygen atoms in total. The normalized spacial score (nSPS) is 11.2. The summed E-state index contributed by atoms with van der Waals surface area (Å²) < 4.78 is 30.8. The van der Waals surface area contributed by atoms with Crippen LogP contribution in [-0.2, 0) is 11.2 Å². The molecule has 106 valence electrons. The molecule has 0 aliphatic rings. The third kappa shape index (κ3) is 5.00. The van der Waals surface area contributed by atoms with Crippen molar-refractivity contribution in [2.45, 2.75) is 12.3 Å². The fourth-order valence-electron chi connectivity index (χ4n) is 1.42. The Morgan fingerprint density at radius 2 is 2.21 bits per heavy atom. The van der Waals surface area contributed by atoms with E-state index in [9.17, 15) is 13.6 Å². The van der Waals surface area contributed by atoms with Gasteiger partial charge >= 0.3 is 0 Å². The molecule has 0 bridgehead atoms. The van der Waals surface area contributed by atoms with Gasteiger partial charge in [-0.15, -0.1) is 0 Å². The molecule has 1 rings (SSSR count). The summed E-state index contributed by atoms with van der Waals surface area (Å²) in [7, 11) is 1.45. The van der Waals surface area contributed by atoms with Crippen LogP contribution in [0.5, 0.6) is 5.75 Å². The fraction of sp³-hybridized carbons (Fsp3) is 0.417. The lowest BCUT2D eigenvalue weighted by Crippen LogP contribution is -2.42. The smallest absolute Gasteiger partial charge is 0.277 e. The summed E-state index contributed by atoms with van der Waals surface area (Å²) in [5.74, 6) is -3.17. The number of hydrogen-bond acceptors (Lipinski definition) is 3. The number of rotatable bonds is 6. The van der Waals surface area contributed by atoms with E-state index in [4.69, 9.17) is 22.1 Å². The molecule has 1 aromatic rings. The molecule has 0 spiro atoms. The second-order valence-corrected chi connectivity index (χ2v) is 4.41. The van der Waals surface area contributed by atoms with Crippen molar-refractivity contribution in [1.29, 1.82) is 0 Å². The van der Waals surface area contributed by atoms with E-state index in [1.54, 1.807) is 18.2 Å². The molecule has 1 amide bonds. The highest BCUT2D eigenvalue weighted by Crippen LogP contribution is 2.23. The summed E-state index contributed by atoms with van der Waals surface area (Å²) in [6.45, 7) is -1.60. The molecule has 0 unspecified atom stereocenters. The maximum atomic E-state index is 12.9. The number of carbonyl (C=O) groups is 1. The first-order chi connectivity index (χ1) is 8.88. The second-order valence-electron chi connectivity index (χ2n) is 3.97. The second kappa shape index (κ2) is 6.68. The van der Waals surface area contributed by atoms with Crippen molar-refractivity contribution in [2.75, 3.05) is 20.2 Å². The summed E-state index contributed by atoms with van der Waals surface area (Å²) in [4.78, 5) is 11.6. The van der Waals surface area contributed by atoms with Crippen molar-refractivity contribution in [3.8, 4) is 5.75 Å². The van der Waals surface area contributed by atoms with Crippen LogP contribution in [0.25, 0.3) is 0 Å². The molecule has 19 heavy (non-hydrogen) atoms. The molecular weight excluding hydrogens is 278 g/mol. The number of nitrogens with one attached hydrogen (secondary N) is 1. The molecule has 0 aliphatic carbocycles. The van der Waals surface area contributed by atoms with Gasteiger partial charge in [0.05, 0.1) is 26.6 Å². The lowest BCUT2D eigenvalue weighted by atomic mass is 10.1. The molecule has 0 saturated heterocycles. The van der Waals surface area contributed by atoms with E-state index in [0.29, 0.717) is 16.3 Å². The quantitative estimate of drug-likeness (QED) is 0.837. The Hall–Kier alpha value is -1.40. The van der Waals surface area contributed by atoms with Crippen molar-refractivity contribution in [1.82, 2.24) is 5.32 Å². The van der Waals surface area contributed by atoms with E-state index in [0.717, 1.165) is 0 Å². The zero-order chi connectivity index (χ0) is 14.5. The fourth-order valence-corrected chi connectivity index (χ4v) is 1.62. The van der Waals surface area contributed by atoms with Crippen molar-refractivity contribution < 1.29 is 18.3 Å². The molecular formula is C12H15ClF2N2O2. The first kappa shape index (κ1) is 15.7. The van der Waals surface area contributed by atoms with E-state index in [2.05, 4.69) is 5.32 Å². The summed E-state index contributed by atoms with van der Waals surface area (Å²) in [6, 6.07) is 4.78. The van der Waals surface area contributed by atoms with Crippen molar-refractivity contribution >= 4 is 17.5 Å². The SMILES string of the molecule is COc1ccc(Cl)cc1CC(=O)NCC(F)(F)CN. The number of halogens is 3. The molecule has 0 aromatic heterocycles. The Morgan fingerprint density at radius 3 is 2.79 bits per heavy atom. The van der Waals surface area contributed by atoms with Crippen molar-refractivity contribution in [3.05, 3.63) is 28.8 Å². The average Bonchev–Trinajstić information content (AvgIpc) is 2.37. The van der Waals surface area contributed by atoms with Crippen molar-refractivity contribution in [3.63, 3.8) is 0 Å². The van der Waals surface area contributed by atoms with Gasteiger partial charge in [-0.1, -0.05) is 11.6 Å². The van der Waals surface area contributed by atoms with Crippen LogP contribution in [0.15, 0.2) is 18.2 Å². The topological polar surface area (TPSA) is 64.3 Å². The number of benzene rings is 1. The molecule has 0 saturated carbocycles. The monoisotopic (exact) mass is 292 g/mol. The number of amides is 1. The minimum absolute atomic E-state index is 0.0929. The Morgan fingerprint density at radius 1 is 1.53 bits per heavy atom.